The van der Waals surface area contributed by atoms with Gasteiger partial charge in [-0.2, -0.15) is 0 Å². The second kappa shape index (κ2) is 7.00. The van der Waals surface area contributed by atoms with E-state index >= 15 is 0 Å². The van der Waals surface area contributed by atoms with E-state index in [2.05, 4.69) is 120 Å². The van der Waals surface area contributed by atoms with Crippen LogP contribution in [0.5, 0.6) is 0 Å². The van der Waals surface area contributed by atoms with Gasteiger partial charge in [-0.3, -0.25) is 0 Å². The van der Waals surface area contributed by atoms with E-state index in [9.17, 15) is 0 Å². The molecule has 0 unspecified atom stereocenters. The van der Waals surface area contributed by atoms with Crippen LogP contribution in [0.4, 0.5) is 0 Å². The average molecular weight is 490 g/mol. The monoisotopic (exact) mass is 489 g/mol. The van der Waals surface area contributed by atoms with E-state index in [0.717, 1.165) is 27.8 Å². The van der Waals surface area contributed by atoms with E-state index in [4.69, 9.17) is 4.42 Å². The first-order chi connectivity index (χ1) is 18.4. The lowest BCUT2D eigenvalue weighted by Crippen LogP contribution is -1.94. The molecule has 0 aliphatic rings. The average Bonchev–Trinajstić information content (AvgIpc) is 3.62. The molecule has 0 radical (unpaired) electrons. The summed E-state index contributed by atoms with van der Waals surface area (Å²) in [4.78, 5) is 0. The molecule has 0 aliphatic heterocycles. The largest absolute Gasteiger partial charge is 0.454 e. The molecule has 0 aliphatic carbocycles. The third kappa shape index (κ3) is 2.49. The molecule has 6 aromatic carbocycles. The third-order valence-electron chi connectivity index (χ3n) is 7.77. The van der Waals surface area contributed by atoms with Gasteiger partial charge in [0, 0.05) is 47.4 Å². The van der Waals surface area contributed by atoms with Crippen molar-refractivity contribution in [3.8, 4) is 5.69 Å². The predicted molar refractivity (Wildman–Crippen MR) is 158 cm³/mol. The van der Waals surface area contributed by atoms with Crippen LogP contribution in [0.1, 0.15) is 0 Å². The summed E-state index contributed by atoms with van der Waals surface area (Å²) in [6.07, 6.45) is 0. The number of rotatable bonds is 1. The number of furan rings is 1. The van der Waals surface area contributed by atoms with Crippen molar-refractivity contribution < 1.29 is 4.42 Å². The SMILES string of the molecule is c1ccc2c(c1)oc1c2c2ccccc2c2c3ccccc3n(-c3ccc4sc5ccccc5c4c3)c12. The molecule has 0 bridgehead atoms. The van der Waals surface area contributed by atoms with Gasteiger partial charge in [0.15, 0.2) is 5.58 Å². The first kappa shape index (κ1) is 19.6. The van der Waals surface area contributed by atoms with E-state index in [1.807, 2.05) is 11.3 Å². The van der Waals surface area contributed by atoms with E-state index in [1.165, 1.54) is 52.6 Å². The summed E-state index contributed by atoms with van der Waals surface area (Å²) < 4.78 is 11.7. The molecule has 37 heavy (non-hydrogen) atoms. The van der Waals surface area contributed by atoms with Gasteiger partial charge in [0.05, 0.1) is 11.0 Å². The minimum absolute atomic E-state index is 0.922. The highest BCUT2D eigenvalue weighted by Crippen LogP contribution is 2.46. The lowest BCUT2D eigenvalue weighted by atomic mass is 9.99. The summed E-state index contributed by atoms with van der Waals surface area (Å²) in [7, 11) is 0. The van der Waals surface area contributed by atoms with Gasteiger partial charge in [0.2, 0.25) is 0 Å². The lowest BCUT2D eigenvalue weighted by molar-refractivity contribution is 0.671. The Morgan fingerprint density at radius 3 is 2.03 bits per heavy atom. The van der Waals surface area contributed by atoms with Crippen molar-refractivity contribution >= 4 is 86.0 Å². The highest BCUT2D eigenvalue weighted by atomic mass is 32.1. The number of nitrogens with zero attached hydrogens (tertiary/aromatic N) is 1. The molecule has 2 nitrogen and oxygen atoms in total. The van der Waals surface area contributed by atoms with Gasteiger partial charge in [0.1, 0.15) is 5.58 Å². The standard InChI is InChI=1S/C34H19NOS/c1-2-11-23-22(10-1)31-24-12-3-6-14-27(24)35(33(31)34-32(23)25-13-4-7-15-28(25)36-34)20-17-18-30-26(19-20)21-9-5-8-16-29(21)37-30/h1-19H. The molecule has 0 N–H and O–H groups in total. The Morgan fingerprint density at radius 2 is 1.16 bits per heavy atom. The molecule has 9 aromatic rings. The zero-order valence-electron chi connectivity index (χ0n) is 19.7. The second-order valence-corrected chi connectivity index (χ2v) is 10.8. The summed E-state index contributed by atoms with van der Waals surface area (Å²) in [5, 5.41) is 9.93. The second-order valence-electron chi connectivity index (χ2n) is 9.70. The molecule has 0 saturated carbocycles. The van der Waals surface area contributed by atoms with Crippen molar-refractivity contribution in [1.82, 2.24) is 4.57 Å². The van der Waals surface area contributed by atoms with Crippen LogP contribution >= 0.6 is 11.3 Å². The van der Waals surface area contributed by atoms with Crippen LogP contribution in [0.2, 0.25) is 0 Å². The van der Waals surface area contributed by atoms with Gasteiger partial charge in [-0.25, -0.2) is 0 Å². The first-order valence-electron chi connectivity index (χ1n) is 12.5. The zero-order valence-corrected chi connectivity index (χ0v) is 20.5. The number of thiophene rings is 1. The van der Waals surface area contributed by atoms with E-state index in [0.29, 0.717) is 0 Å². The Labute approximate surface area is 215 Å². The maximum absolute atomic E-state index is 6.69. The van der Waals surface area contributed by atoms with Crippen LogP contribution in [0.15, 0.2) is 120 Å². The summed E-state index contributed by atoms with van der Waals surface area (Å²) in [6, 6.07) is 41.5. The Bertz CT molecular complexity index is 2370. The molecular formula is C34H19NOS. The van der Waals surface area contributed by atoms with Gasteiger partial charge < -0.3 is 8.98 Å². The third-order valence-corrected chi connectivity index (χ3v) is 8.92. The topological polar surface area (TPSA) is 18.1 Å². The highest BCUT2D eigenvalue weighted by Gasteiger charge is 2.22. The van der Waals surface area contributed by atoms with Crippen LogP contribution < -0.4 is 0 Å². The van der Waals surface area contributed by atoms with Gasteiger partial charge >= 0.3 is 0 Å². The minimum Gasteiger partial charge on any atom is -0.454 e. The van der Waals surface area contributed by atoms with Gasteiger partial charge in [-0.1, -0.05) is 78.9 Å². The molecular weight excluding hydrogens is 470 g/mol. The predicted octanol–water partition coefficient (Wildman–Crippen LogP) is 10.2. The normalized spacial score (nSPS) is 12.3. The molecule has 3 heteroatoms. The van der Waals surface area contributed by atoms with E-state index < -0.39 is 0 Å². The number of hydrogen-bond acceptors (Lipinski definition) is 2. The number of aromatic nitrogens is 1. The molecule has 0 amide bonds. The van der Waals surface area contributed by atoms with Crippen LogP contribution in [-0.4, -0.2) is 4.57 Å². The van der Waals surface area contributed by atoms with Crippen LogP contribution in [0.25, 0.3) is 80.4 Å². The van der Waals surface area contributed by atoms with Crippen molar-refractivity contribution in [3.05, 3.63) is 115 Å². The maximum atomic E-state index is 6.69. The summed E-state index contributed by atoms with van der Waals surface area (Å²) in [5.41, 5.74) is 5.34. The fourth-order valence-electron chi connectivity index (χ4n) is 6.25. The molecule has 0 saturated heterocycles. The van der Waals surface area contributed by atoms with E-state index in [-0.39, 0.29) is 0 Å². The van der Waals surface area contributed by atoms with Gasteiger partial charge in [0.25, 0.3) is 0 Å². The summed E-state index contributed by atoms with van der Waals surface area (Å²) in [6.45, 7) is 0. The number of para-hydroxylation sites is 2. The Morgan fingerprint density at radius 1 is 0.514 bits per heavy atom. The molecule has 172 valence electrons. The summed E-state index contributed by atoms with van der Waals surface area (Å²) in [5.74, 6) is 0. The fourth-order valence-corrected chi connectivity index (χ4v) is 7.33. The van der Waals surface area contributed by atoms with E-state index in [1.54, 1.807) is 0 Å². The molecule has 0 fully saturated rings. The van der Waals surface area contributed by atoms with Crippen molar-refractivity contribution in [1.29, 1.82) is 0 Å². The van der Waals surface area contributed by atoms with Crippen LogP contribution in [-0.2, 0) is 0 Å². The molecule has 9 rings (SSSR count). The molecule has 3 heterocycles. The first-order valence-corrected chi connectivity index (χ1v) is 13.4. The van der Waals surface area contributed by atoms with Crippen LogP contribution in [0.3, 0.4) is 0 Å². The van der Waals surface area contributed by atoms with Crippen molar-refractivity contribution in [2.75, 3.05) is 0 Å². The quantitative estimate of drug-likeness (QED) is 0.224. The minimum atomic E-state index is 0.922. The number of fused-ring (bicyclic) bond motifs is 13. The zero-order chi connectivity index (χ0) is 24.1. The Kier molecular flexibility index (Phi) is 3.70. The van der Waals surface area contributed by atoms with Crippen molar-refractivity contribution in [3.63, 3.8) is 0 Å². The summed E-state index contributed by atoms with van der Waals surface area (Å²) >= 11 is 1.85. The Balaban J connectivity index is 1.55. The van der Waals surface area contributed by atoms with Gasteiger partial charge in [-0.05, 0) is 47.2 Å². The number of benzene rings is 6. The van der Waals surface area contributed by atoms with Crippen LogP contribution in [0, 0.1) is 0 Å². The molecule has 0 spiro atoms. The molecule has 3 aromatic heterocycles. The maximum Gasteiger partial charge on any atom is 0.160 e. The van der Waals surface area contributed by atoms with Gasteiger partial charge in [-0.15, -0.1) is 11.3 Å². The Hall–Kier alpha value is -4.60. The highest BCUT2D eigenvalue weighted by molar-refractivity contribution is 7.25. The van der Waals surface area contributed by atoms with Crippen molar-refractivity contribution in [2.24, 2.45) is 0 Å². The fraction of sp³-hybridized carbons (Fsp3) is 0. The van der Waals surface area contributed by atoms with Crippen molar-refractivity contribution in [2.45, 2.75) is 0 Å². The molecule has 0 atom stereocenters. The lowest BCUT2D eigenvalue weighted by Gasteiger charge is -2.10. The smallest absolute Gasteiger partial charge is 0.160 e. The number of hydrogen-bond donors (Lipinski definition) is 0.